The first kappa shape index (κ1) is 22.3. The molecule has 2 aliphatic heterocycles. The summed E-state index contributed by atoms with van der Waals surface area (Å²) in [7, 11) is 0. The van der Waals surface area contributed by atoms with Crippen molar-refractivity contribution < 1.29 is 27.6 Å². The third-order valence-electron chi connectivity index (χ3n) is 6.53. The number of piperazine rings is 1. The number of halogens is 3. The smallest absolute Gasteiger partial charge is 0.353 e. The molecule has 8 nitrogen and oxygen atoms in total. The van der Waals surface area contributed by atoms with Gasteiger partial charge < -0.3 is 15.1 Å². The highest BCUT2D eigenvalue weighted by atomic mass is 19.4. The van der Waals surface area contributed by atoms with Crippen LogP contribution in [-0.4, -0.2) is 70.9 Å². The van der Waals surface area contributed by atoms with Crippen LogP contribution in [0.4, 0.5) is 23.8 Å². The van der Waals surface area contributed by atoms with Gasteiger partial charge in [0.05, 0.1) is 5.56 Å². The molecule has 3 fully saturated rings. The summed E-state index contributed by atoms with van der Waals surface area (Å²) in [4.78, 5) is 46.3. The minimum Gasteiger partial charge on any atom is -0.353 e. The van der Waals surface area contributed by atoms with E-state index in [0.29, 0.717) is 44.8 Å². The normalized spacial score (nSPS) is 21.3. The molecule has 1 aromatic rings. The molecule has 0 radical (unpaired) electrons. The number of alkyl halides is 3. The fourth-order valence-electron chi connectivity index (χ4n) is 4.66. The highest BCUT2D eigenvalue weighted by molar-refractivity contribution is 6.07. The average molecular weight is 453 g/mol. The Labute approximate surface area is 183 Å². The maximum atomic E-state index is 12.8. The van der Waals surface area contributed by atoms with E-state index in [4.69, 9.17) is 0 Å². The number of pyridine rings is 1. The maximum absolute atomic E-state index is 12.8. The summed E-state index contributed by atoms with van der Waals surface area (Å²) in [5.41, 5.74) is -1.59. The van der Waals surface area contributed by atoms with E-state index in [2.05, 4.69) is 10.3 Å². The van der Waals surface area contributed by atoms with Crippen molar-refractivity contribution in [3.05, 3.63) is 23.9 Å². The van der Waals surface area contributed by atoms with Crippen LogP contribution in [0.3, 0.4) is 0 Å². The number of anilines is 1. The minimum absolute atomic E-state index is 0.0475. The van der Waals surface area contributed by atoms with Crippen LogP contribution in [0.5, 0.6) is 0 Å². The van der Waals surface area contributed by atoms with E-state index in [9.17, 15) is 27.6 Å². The Morgan fingerprint density at radius 3 is 2.34 bits per heavy atom. The summed E-state index contributed by atoms with van der Waals surface area (Å²) in [6.07, 6.45) is 0.563. The maximum Gasteiger partial charge on any atom is 0.417 e. The summed E-state index contributed by atoms with van der Waals surface area (Å²) in [5, 5.41) is 2.84. The number of imide groups is 1. The van der Waals surface area contributed by atoms with E-state index in [1.54, 1.807) is 4.90 Å². The van der Waals surface area contributed by atoms with E-state index >= 15 is 0 Å². The standard InChI is InChI=1S/C21H26F3N5O3/c22-21(23,24)15-4-5-16(25-14-15)27-10-12-28(13-11-27)17(30)6-9-29-18(31)20(26-19(29)32)7-2-1-3-8-20/h4-5,14H,1-3,6-13H2,(H,26,32). The topological polar surface area (TPSA) is 85.8 Å². The summed E-state index contributed by atoms with van der Waals surface area (Å²) in [5.74, 6) is 0.0469. The lowest BCUT2D eigenvalue weighted by atomic mass is 9.82. The van der Waals surface area contributed by atoms with E-state index in [0.717, 1.165) is 36.4 Å². The van der Waals surface area contributed by atoms with Gasteiger partial charge in [-0.1, -0.05) is 19.3 Å². The number of rotatable bonds is 4. The minimum atomic E-state index is -4.43. The number of nitrogens with one attached hydrogen (secondary N) is 1. The molecule has 174 valence electrons. The van der Waals surface area contributed by atoms with Crippen LogP contribution in [0.1, 0.15) is 44.1 Å². The quantitative estimate of drug-likeness (QED) is 0.708. The van der Waals surface area contributed by atoms with Gasteiger partial charge in [0.25, 0.3) is 5.91 Å². The average Bonchev–Trinajstić information content (AvgIpc) is 3.00. The lowest BCUT2D eigenvalue weighted by molar-refractivity contribution is -0.138. The predicted molar refractivity (Wildman–Crippen MR) is 109 cm³/mol. The van der Waals surface area contributed by atoms with Gasteiger partial charge in [0.2, 0.25) is 5.91 Å². The summed E-state index contributed by atoms with van der Waals surface area (Å²) in [6, 6.07) is 1.90. The molecule has 0 unspecified atom stereocenters. The molecule has 1 N–H and O–H groups in total. The second-order valence-corrected chi connectivity index (χ2v) is 8.55. The fourth-order valence-corrected chi connectivity index (χ4v) is 4.66. The lowest BCUT2D eigenvalue weighted by Crippen LogP contribution is -2.50. The first-order chi connectivity index (χ1) is 15.2. The van der Waals surface area contributed by atoms with Crippen molar-refractivity contribution in [1.29, 1.82) is 0 Å². The third kappa shape index (κ3) is 4.37. The monoisotopic (exact) mass is 453 g/mol. The van der Waals surface area contributed by atoms with Crippen LogP contribution in [-0.2, 0) is 15.8 Å². The SMILES string of the molecule is O=C(CCN1C(=O)NC2(CCCCC2)C1=O)N1CCN(c2ccc(C(F)(F)F)cn2)CC1. The molecule has 32 heavy (non-hydrogen) atoms. The Kier molecular flexibility index (Phi) is 6.00. The van der Waals surface area contributed by atoms with Crippen molar-refractivity contribution in [3.63, 3.8) is 0 Å². The Morgan fingerprint density at radius 2 is 1.75 bits per heavy atom. The van der Waals surface area contributed by atoms with Gasteiger partial charge in [-0.15, -0.1) is 0 Å². The molecular formula is C21H26F3N5O3. The first-order valence-electron chi connectivity index (χ1n) is 10.9. The zero-order valence-corrected chi connectivity index (χ0v) is 17.7. The molecule has 4 amide bonds. The molecule has 1 saturated carbocycles. The number of hydrogen-bond acceptors (Lipinski definition) is 5. The number of carbonyl (C=O) groups excluding carboxylic acids is 3. The van der Waals surface area contributed by atoms with E-state index in [1.165, 1.54) is 6.07 Å². The highest BCUT2D eigenvalue weighted by Crippen LogP contribution is 2.34. The number of aromatic nitrogens is 1. The Bertz CT molecular complexity index is 876. The van der Waals surface area contributed by atoms with Crippen LogP contribution < -0.4 is 10.2 Å². The Morgan fingerprint density at radius 1 is 1.06 bits per heavy atom. The Balaban J connectivity index is 1.27. The molecule has 2 saturated heterocycles. The van der Waals surface area contributed by atoms with Crippen molar-refractivity contribution in [2.75, 3.05) is 37.6 Å². The molecule has 1 aromatic heterocycles. The van der Waals surface area contributed by atoms with Gasteiger partial charge in [-0.3, -0.25) is 14.5 Å². The van der Waals surface area contributed by atoms with Crippen LogP contribution in [0.2, 0.25) is 0 Å². The second kappa shape index (κ2) is 8.59. The van der Waals surface area contributed by atoms with E-state index < -0.39 is 23.3 Å². The van der Waals surface area contributed by atoms with Crippen LogP contribution in [0, 0.1) is 0 Å². The van der Waals surface area contributed by atoms with Gasteiger partial charge in [-0.05, 0) is 25.0 Å². The molecule has 1 spiro atoms. The van der Waals surface area contributed by atoms with E-state index in [-0.39, 0.29) is 24.8 Å². The van der Waals surface area contributed by atoms with Gasteiger partial charge in [0.15, 0.2) is 0 Å². The Hall–Kier alpha value is -2.85. The zero-order chi connectivity index (χ0) is 22.9. The van der Waals surface area contributed by atoms with Crippen LogP contribution >= 0.6 is 0 Å². The van der Waals surface area contributed by atoms with Gasteiger partial charge >= 0.3 is 12.2 Å². The molecule has 3 aliphatic rings. The first-order valence-corrected chi connectivity index (χ1v) is 10.9. The molecule has 3 heterocycles. The molecule has 0 aromatic carbocycles. The number of amides is 4. The molecule has 0 bridgehead atoms. The van der Waals surface area contributed by atoms with E-state index in [1.807, 2.05) is 4.90 Å². The van der Waals surface area contributed by atoms with Crippen LogP contribution in [0.25, 0.3) is 0 Å². The van der Waals surface area contributed by atoms with Gasteiger partial charge in [-0.25, -0.2) is 9.78 Å². The van der Waals surface area contributed by atoms with Gasteiger partial charge in [0.1, 0.15) is 11.4 Å². The van der Waals surface area contributed by atoms with Crippen molar-refractivity contribution in [3.8, 4) is 0 Å². The zero-order valence-electron chi connectivity index (χ0n) is 17.7. The van der Waals surface area contributed by atoms with Crippen molar-refractivity contribution >= 4 is 23.7 Å². The number of nitrogens with zero attached hydrogens (tertiary/aromatic N) is 4. The highest BCUT2D eigenvalue weighted by Gasteiger charge is 2.51. The van der Waals surface area contributed by atoms with Crippen molar-refractivity contribution in [1.82, 2.24) is 20.1 Å². The summed E-state index contributed by atoms with van der Waals surface area (Å²) < 4.78 is 38.1. The van der Waals surface area contributed by atoms with Crippen LogP contribution in [0.15, 0.2) is 18.3 Å². The van der Waals surface area contributed by atoms with Crippen molar-refractivity contribution in [2.24, 2.45) is 0 Å². The predicted octanol–water partition coefficient (Wildman–Crippen LogP) is 2.39. The number of hydrogen-bond donors (Lipinski definition) is 1. The largest absolute Gasteiger partial charge is 0.417 e. The molecule has 0 atom stereocenters. The van der Waals surface area contributed by atoms with Crippen molar-refractivity contribution in [2.45, 2.75) is 50.2 Å². The summed E-state index contributed by atoms with van der Waals surface area (Å²) in [6.45, 7) is 1.72. The lowest BCUT2D eigenvalue weighted by Gasteiger charge is -2.35. The molecular weight excluding hydrogens is 427 g/mol. The summed E-state index contributed by atoms with van der Waals surface area (Å²) >= 11 is 0. The number of carbonyl (C=O) groups is 3. The second-order valence-electron chi connectivity index (χ2n) is 8.55. The molecule has 11 heteroatoms. The van der Waals surface area contributed by atoms with Gasteiger partial charge in [0, 0.05) is 45.3 Å². The third-order valence-corrected chi connectivity index (χ3v) is 6.53. The van der Waals surface area contributed by atoms with Gasteiger partial charge in [-0.2, -0.15) is 13.2 Å². The fraction of sp³-hybridized carbons (Fsp3) is 0.619. The molecule has 4 rings (SSSR count). The molecule has 1 aliphatic carbocycles. The number of urea groups is 1.